The van der Waals surface area contributed by atoms with Crippen molar-refractivity contribution >= 4 is 40.8 Å². The molecule has 0 saturated carbocycles. The Labute approximate surface area is 163 Å². The van der Waals surface area contributed by atoms with Gasteiger partial charge in [0.05, 0.1) is 5.75 Å². The number of aromatic nitrogens is 2. The van der Waals surface area contributed by atoms with E-state index in [0.717, 1.165) is 35.2 Å². The number of nitrogens with zero attached hydrogens (tertiary/aromatic N) is 3. The Bertz CT molecular complexity index is 786. The van der Waals surface area contributed by atoms with Crippen LogP contribution >= 0.6 is 23.4 Å². The van der Waals surface area contributed by atoms with Crippen molar-refractivity contribution in [3.63, 3.8) is 0 Å². The molecule has 0 radical (unpaired) electrons. The first kappa shape index (κ1) is 19.0. The van der Waals surface area contributed by atoms with E-state index in [1.807, 2.05) is 31.2 Å². The maximum absolute atomic E-state index is 12.3. The molecule has 1 aliphatic heterocycles. The van der Waals surface area contributed by atoms with E-state index in [-0.39, 0.29) is 5.91 Å². The van der Waals surface area contributed by atoms with Crippen molar-refractivity contribution in [1.29, 1.82) is 0 Å². The zero-order valence-electron chi connectivity index (χ0n) is 15.0. The number of thioether (sulfide) groups is 1. The van der Waals surface area contributed by atoms with Crippen LogP contribution in [0.3, 0.4) is 0 Å². The number of carbonyl (C=O) groups is 1. The van der Waals surface area contributed by atoms with Gasteiger partial charge in [0, 0.05) is 29.9 Å². The zero-order valence-corrected chi connectivity index (χ0v) is 16.6. The van der Waals surface area contributed by atoms with Crippen molar-refractivity contribution in [3.05, 3.63) is 41.2 Å². The Morgan fingerprint density at radius 3 is 3.08 bits per heavy atom. The second-order valence-electron chi connectivity index (χ2n) is 6.66. The number of carbonyl (C=O) groups excluding carboxylic acids is 1. The van der Waals surface area contributed by atoms with Crippen molar-refractivity contribution in [1.82, 2.24) is 9.97 Å². The standard InChI is InChI=1S/C19H23ClN4OS/c1-13-5-4-8-24(10-13)17-9-19(22-12-21-17)26-11-18(25)23-16-7-3-6-15(20)14(16)2/h3,6-7,9,12-13H,4-5,8,10-11H2,1-2H3,(H,23,25). The van der Waals surface area contributed by atoms with Gasteiger partial charge in [-0.05, 0) is 43.4 Å². The predicted octanol–water partition coefficient (Wildman–Crippen LogP) is 4.41. The minimum Gasteiger partial charge on any atom is -0.356 e. The summed E-state index contributed by atoms with van der Waals surface area (Å²) < 4.78 is 0. The molecule has 0 aliphatic carbocycles. The predicted molar refractivity (Wildman–Crippen MR) is 108 cm³/mol. The molecule has 0 bridgehead atoms. The number of anilines is 2. The number of amides is 1. The SMILES string of the molecule is Cc1c(Cl)cccc1NC(=O)CSc1cc(N2CCCC(C)C2)ncn1. The van der Waals surface area contributed by atoms with Gasteiger partial charge in [0.2, 0.25) is 5.91 Å². The van der Waals surface area contributed by atoms with Crippen LogP contribution in [0.4, 0.5) is 11.5 Å². The van der Waals surface area contributed by atoms with Crippen LogP contribution in [0.5, 0.6) is 0 Å². The molecule has 5 nitrogen and oxygen atoms in total. The molecular formula is C19H23ClN4OS. The minimum atomic E-state index is -0.0767. The molecule has 1 atom stereocenters. The van der Waals surface area contributed by atoms with Gasteiger partial charge in [-0.3, -0.25) is 4.79 Å². The summed E-state index contributed by atoms with van der Waals surface area (Å²) in [7, 11) is 0. The normalized spacial score (nSPS) is 17.2. The lowest BCUT2D eigenvalue weighted by molar-refractivity contribution is -0.113. The van der Waals surface area contributed by atoms with Crippen LogP contribution in [-0.4, -0.2) is 34.7 Å². The van der Waals surface area contributed by atoms with Crippen LogP contribution in [-0.2, 0) is 4.79 Å². The second-order valence-corrected chi connectivity index (χ2v) is 8.06. The number of piperidine rings is 1. The molecule has 1 N–H and O–H groups in total. The third-order valence-electron chi connectivity index (χ3n) is 4.50. The smallest absolute Gasteiger partial charge is 0.234 e. The Kier molecular flexibility index (Phi) is 6.38. The molecule has 7 heteroatoms. The van der Waals surface area contributed by atoms with E-state index in [9.17, 15) is 4.79 Å². The van der Waals surface area contributed by atoms with E-state index in [4.69, 9.17) is 11.6 Å². The first-order valence-corrected chi connectivity index (χ1v) is 10.1. The largest absolute Gasteiger partial charge is 0.356 e. The fourth-order valence-corrected chi connectivity index (χ4v) is 3.88. The van der Waals surface area contributed by atoms with Crippen LogP contribution in [0.2, 0.25) is 5.02 Å². The lowest BCUT2D eigenvalue weighted by atomic mass is 10.0. The fraction of sp³-hybridized carbons (Fsp3) is 0.421. The van der Waals surface area contributed by atoms with Crippen LogP contribution in [0, 0.1) is 12.8 Å². The van der Waals surface area contributed by atoms with Crippen LogP contribution in [0.25, 0.3) is 0 Å². The molecule has 1 saturated heterocycles. The molecule has 2 heterocycles. The molecule has 0 spiro atoms. The summed E-state index contributed by atoms with van der Waals surface area (Å²) in [6, 6.07) is 7.46. The van der Waals surface area contributed by atoms with Gasteiger partial charge in [-0.25, -0.2) is 9.97 Å². The molecule has 3 rings (SSSR count). The maximum atomic E-state index is 12.3. The molecule has 1 fully saturated rings. The number of hydrogen-bond acceptors (Lipinski definition) is 5. The number of benzene rings is 1. The molecule has 1 aromatic carbocycles. The summed E-state index contributed by atoms with van der Waals surface area (Å²) in [5.74, 6) is 1.84. The molecule has 1 unspecified atom stereocenters. The Morgan fingerprint density at radius 2 is 2.27 bits per heavy atom. The van der Waals surface area contributed by atoms with Gasteiger partial charge in [-0.15, -0.1) is 0 Å². The van der Waals surface area contributed by atoms with Crippen LogP contribution in [0.15, 0.2) is 35.6 Å². The highest BCUT2D eigenvalue weighted by molar-refractivity contribution is 7.99. The van der Waals surface area contributed by atoms with Gasteiger partial charge < -0.3 is 10.2 Å². The van der Waals surface area contributed by atoms with Gasteiger partial charge in [-0.1, -0.05) is 36.4 Å². The lowest BCUT2D eigenvalue weighted by Crippen LogP contribution is -2.34. The van der Waals surface area contributed by atoms with Gasteiger partial charge in [0.25, 0.3) is 0 Å². The van der Waals surface area contributed by atoms with Gasteiger partial charge >= 0.3 is 0 Å². The summed E-state index contributed by atoms with van der Waals surface area (Å²) in [6.07, 6.45) is 4.04. The van der Waals surface area contributed by atoms with E-state index in [2.05, 4.69) is 27.1 Å². The second kappa shape index (κ2) is 8.73. The van der Waals surface area contributed by atoms with Crippen molar-refractivity contribution in [2.45, 2.75) is 31.7 Å². The van der Waals surface area contributed by atoms with E-state index >= 15 is 0 Å². The molecule has 1 aliphatic rings. The van der Waals surface area contributed by atoms with Gasteiger partial charge in [0.1, 0.15) is 17.2 Å². The lowest BCUT2D eigenvalue weighted by Gasteiger charge is -2.31. The van der Waals surface area contributed by atoms with Gasteiger partial charge in [0.15, 0.2) is 0 Å². The Balaban J connectivity index is 1.58. The van der Waals surface area contributed by atoms with E-state index < -0.39 is 0 Å². The highest BCUT2D eigenvalue weighted by Crippen LogP contribution is 2.25. The number of nitrogens with one attached hydrogen (secondary N) is 1. The summed E-state index contributed by atoms with van der Waals surface area (Å²) in [6.45, 7) is 6.21. The average Bonchev–Trinajstić information content (AvgIpc) is 2.64. The van der Waals surface area contributed by atoms with E-state index in [1.165, 1.54) is 24.6 Å². The molecule has 2 aromatic rings. The minimum absolute atomic E-state index is 0.0767. The summed E-state index contributed by atoms with van der Waals surface area (Å²) in [5.41, 5.74) is 1.62. The zero-order chi connectivity index (χ0) is 18.5. The van der Waals surface area contributed by atoms with Crippen LogP contribution < -0.4 is 10.2 Å². The topological polar surface area (TPSA) is 58.1 Å². The van der Waals surface area contributed by atoms with Crippen LogP contribution in [0.1, 0.15) is 25.3 Å². The number of halogens is 1. The average molecular weight is 391 g/mol. The molecule has 1 aromatic heterocycles. The Hall–Kier alpha value is -1.79. The Morgan fingerprint density at radius 1 is 1.42 bits per heavy atom. The third-order valence-corrected chi connectivity index (χ3v) is 5.84. The molecule has 1 amide bonds. The van der Waals surface area contributed by atoms with Crippen molar-refractivity contribution < 1.29 is 4.79 Å². The number of hydrogen-bond donors (Lipinski definition) is 1. The first-order valence-electron chi connectivity index (χ1n) is 8.77. The molecular weight excluding hydrogens is 368 g/mol. The van der Waals surface area contributed by atoms with E-state index in [1.54, 1.807) is 6.33 Å². The van der Waals surface area contributed by atoms with E-state index in [0.29, 0.717) is 16.7 Å². The molecule has 26 heavy (non-hydrogen) atoms. The summed E-state index contributed by atoms with van der Waals surface area (Å²) >= 11 is 7.51. The first-order chi connectivity index (χ1) is 12.5. The summed E-state index contributed by atoms with van der Waals surface area (Å²) in [5, 5.41) is 4.36. The fourth-order valence-electron chi connectivity index (χ4n) is 3.05. The monoisotopic (exact) mass is 390 g/mol. The number of rotatable bonds is 5. The molecule has 138 valence electrons. The highest BCUT2D eigenvalue weighted by Gasteiger charge is 2.18. The highest BCUT2D eigenvalue weighted by atomic mass is 35.5. The third kappa shape index (κ3) is 4.89. The van der Waals surface area contributed by atoms with Crippen molar-refractivity contribution in [2.75, 3.05) is 29.1 Å². The van der Waals surface area contributed by atoms with Crippen molar-refractivity contribution in [2.24, 2.45) is 5.92 Å². The maximum Gasteiger partial charge on any atom is 0.234 e. The summed E-state index contributed by atoms with van der Waals surface area (Å²) in [4.78, 5) is 23.2. The van der Waals surface area contributed by atoms with Crippen molar-refractivity contribution in [3.8, 4) is 0 Å². The van der Waals surface area contributed by atoms with Gasteiger partial charge in [-0.2, -0.15) is 0 Å². The quantitative estimate of drug-likeness (QED) is 0.605.